The van der Waals surface area contributed by atoms with Crippen molar-refractivity contribution in [2.45, 2.75) is 20.3 Å². The Balaban J connectivity index is 4.54. The fourth-order valence-corrected chi connectivity index (χ4v) is 1.04. The van der Waals surface area contributed by atoms with E-state index in [0.717, 1.165) is 0 Å². The molecule has 0 aromatic heterocycles. The van der Waals surface area contributed by atoms with Crippen LogP contribution in [0.2, 0.25) is 0 Å². The lowest BCUT2D eigenvalue weighted by Crippen LogP contribution is -2.31. The number of hydrogen-bond acceptors (Lipinski definition) is 2. The summed E-state index contributed by atoms with van der Waals surface area (Å²) in [5.74, 6) is 2.04. The molecule has 0 unspecified atom stereocenters. The molecule has 0 aromatic carbocycles. The van der Waals surface area contributed by atoms with Crippen LogP contribution in [0, 0.1) is 5.41 Å². The van der Waals surface area contributed by atoms with Gasteiger partial charge >= 0.3 is 0 Å². The second-order valence-electron chi connectivity index (χ2n) is 2.57. The van der Waals surface area contributed by atoms with Gasteiger partial charge in [0.25, 0.3) is 5.91 Å². The molecule has 0 saturated carbocycles. The monoisotopic (exact) mass is 180 g/mol. The van der Waals surface area contributed by atoms with Crippen LogP contribution in [-0.4, -0.2) is 29.8 Å². The van der Waals surface area contributed by atoms with E-state index in [1.165, 1.54) is 0 Å². The standard InChI is InChI=1S/C10H16N2O/c1-4-7-9(8-11)10(13)12(5-2)6-3/h4,11H,1,5-7H2,2-3H3. The second-order valence-corrected chi connectivity index (χ2v) is 2.57. The van der Waals surface area contributed by atoms with Gasteiger partial charge in [-0.05, 0) is 19.7 Å². The van der Waals surface area contributed by atoms with Gasteiger partial charge in [-0.2, -0.15) is 0 Å². The molecule has 0 atom stereocenters. The highest BCUT2D eigenvalue weighted by Gasteiger charge is 2.13. The SMILES string of the molecule is C=CCC(=C=N)C(=O)N(CC)CC. The predicted octanol–water partition coefficient (Wildman–Crippen LogP) is 1.61. The molecule has 0 spiro atoms. The van der Waals surface area contributed by atoms with Gasteiger partial charge in [-0.25, -0.2) is 0 Å². The Kier molecular flexibility index (Phi) is 5.57. The molecule has 0 aliphatic heterocycles. The molecular weight excluding hydrogens is 164 g/mol. The molecule has 0 aliphatic rings. The van der Waals surface area contributed by atoms with Gasteiger partial charge in [0.2, 0.25) is 0 Å². The van der Waals surface area contributed by atoms with Crippen molar-refractivity contribution < 1.29 is 4.79 Å². The zero-order valence-corrected chi connectivity index (χ0v) is 8.26. The van der Waals surface area contributed by atoms with Crippen molar-refractivity contribution in [1.82, 2.24) is 4.90 Å². The van der Waals surface area contributed by atoms with Crippen molar-refractivity contribution in [3.05, 3.63) is 18.2 Å². The van der Waals surface area contributed by atoms with Crippen molar-refractivity contribution >= 4 is 11.8 Å². The summed E-state index contributed by atoms with van der Waals surface area (Å²) in [6, 6.07) is 0. The highest BCUT2D eigenvalue weighted by molar-refractivity contribution is 6.01. The first-order valence-electron chi connectivity index (χ1n) is 4.39. The normalized spacial score (nSPS) is 8.77. The lowest BCUT2D eigenvalue weighted by Gasteiger charge is -2.18. The van der Waals surface area contributed by atoms with Gasteiger partial charge in [0, 0.05) is 19.5 Å². The predicted molar refractivity (Wildman–Crippen MR) is 54.0 cm³/mol. The number of hydrogen-bond donors (Lipinski definition) is 1. The van der Waals surface area contributed by atoms with Gasteiger partial charge in [0.15, 0.2) is 0 Å². The summed E-state index contributed by atoms with van der Waals surface area (Å²) in [7, 11) is 0. The first-order chi connectivity index (χ1) is 6.21. The van der Waals surface area contributed by atoms with Crippen molar-refractivity contribution in [2.75, 3.05) is 13.1 Å². The van der Waals surface area contributed by atoms with Crippen LogP contribution in [0.4, 0.5) is 0 Å². The smallest absolute Gasteiger partial charge is 0.259 e. The highest BCUT2D eigenvalue weighted by atomic mass is 16.2. The number of carbonyl (C=O) groups is 1. The Hall–Kier alpha value is -1.34. The van der Waals surface area contributed by atoms with E-state index in [0.29, 0.717) is 25.1 Å². The molecule has 1 N–H and O–H groups in total. The van der Waals surface area contributed by atoms with Crippen LogP contribution in [0.5, 0.6) is 0 Å². The molecule has 0 aromatic rings. The summed E-state index contributed by atoms with van der Waals surface area (Å²) < 4.78 is 0. The molecule has 0 saturated heterocycles. The van der Waals surface area contributed by atoms with Gasteiger partial charge in [-0.3, -0.25) is 10.2 Å². The molecule has 0 bridgehead atoms. The van der Waals surface area contributed by atoms with Crippen LogP contribution in [-0.2, 0) is 4.79 Å². The Morgan fingerprint density at radius 2 is 2.08 bits per heavy atom. The molecular formula is C10H16N2O. The zero-order valence-electron chi connectivity index (χ0n) is 8.26. The van der Waals surface area contributed by atoms with Crippen molar-refractivity contribution in [1.29, 1.82) is 5.41 Å². The average Bonchev–Trinajstić information content (AvgIpc) is 2.15. The summed E-state index contributed by atoms with van der Waals surface area (Å²) in [5.41, 5.74) is 0.374. The molecule has 72 valence electrons. The lowest BCUT2D eigenvalue weighted by molar-refractivity contribution is -0.126. The number of likely N-dealkylation sites (N-methyl/N-ethyl adjacent to an activating group) is 1. The molecule has 0 fully saturated rings. The van der Waals surface area contributed by atoms with Crippen LogP contribution in [0.25, 0.3) is 0 Å². The van der Waals surface area contributed by atoms with Crippen LogP contribution in [0.3, 0.4) is 0 Å². The zero-order chi connectivity index (χ0) is 10.3. The first kappa shape index (κ1) is 11.7. The Labute approximate surface area is 79.3 Å². The summed E-state index contributed by atoms with van der Waals surface area (Å²) >= 11 is 0. The summed E-state index contributed by atoms with van der Waals surface area (Å²) in [5, 5.41) is 6.95. The maximum atomic E-state index is 11.6. The van der Waals surface area contributed by atoms with Gasteiger partial charge in [-0.1, -0.05) is 6.08 Å². The Morgan fingerprint density at radius 3 is 2.38 bits per heavy atom. The van der Waals surface area contributed by atoms with Crippen molar-refractivity contribution in [3.63, 3.8) is 0 Å². The Bertz CT molecular complexity index is 235. The maximum absolute atomic E-state index is 11.6. The number of carbonyl (C=O) groups excluding carboxylic acids is 1. The number of allylic oxidation sites excluding steroid dienone is 1. The Morgan fingerprint density at radius 1 is 1.54 bits per heavy atom. The van der Waals surface area contributed by atoms with Crippen LogP contribution >= 0.6 is 0 Å². The third-order valence-corrected chi connectivity index (χ3v) is 1.81. The quantitative estimate of drug-likeness (QED) is 0.390. The fraction of sp³-hybridized carbons (Fsp3) is 0.500. The van der Waals surface area contributed by atoms with E-state index in [2.05, 4.69) is 12.4 Å². The fourth-order valence-electron chi connectivity index (χ4n) is 1.04. The molecule has 3 heteroatoms. The molecule has 0 rings (SSSR count). The largest absolute Gasteiger partial charge is 0.339 e. The van der Waals surface area contributed by atoms with E-state index in [1.54, 1.807) is 11.0 Å². The minimum Gasteiger partial charge on any atom is -0.339 e. The molecule has 0 heterocycles. The van der Waals surface area contributed by atoms with Crippen LogP contribution in [0.1, 0.15) is 20.3 Å². The van der Waals surface area contributed by atoms with Crippen LogP contribution < -0.4 is 0 Å². The molecule has 1 amide bonds. The molecule has 3 nitrogen and oxygen atoms in total. The lowest BCUT2D eigenvalue weighted by atomic mass is 10.2. The van der Waals surface area contributed by atoms with Crippen molar-refractivity contribution in [3.8, 4) is 0 Å². The van der Waals surface area contributed by atoms with Gasteiger partial charge < -0.3 is 4.90 Å². The van der Waals surface area contributed by atoms with E-state index in [-0.39, 0.29) is 5.91 Å². The topological polar surface area (TPSA) is 44.2 Å². The first-order valence-corrected chi connectivity index (χ1v) is 4.39. The minimum atomic E-state index is -0.111. The third-order valence-electron chi connectivity index (χ3n) is 1.81. The number of rotatable bonds is 5. The van der Waals surface area contributed by atoms with Gasteiger partial charge in [0.05, 0.1) is 5.57 Å². The van der Waals surface area contributed by atoms with E-state index in [1.807, 2.05) is 13.8 Å². The van der Waals surface area contributed by atoms with Crippen molar-refractivity contribution in [2.24, 2.45) is 0 Å². The summed E-state index contributed by atoms with van der Waals surface area (Å²) in [4.78, 5) is 13.3. The third kappa shape index (κ3) is 3.26. The maximum Gasteiger partial charge on any atom is 0.259 e. The highest BCUT2D eigenvalue weighted by Crippen LogP contribution is 2.03. The molecule has 0 aliphatic carbocycles. The molecule has 0 radical (unpaired) electrons. The van der Waals surface area contributed by atoms with Gasteiger partial charge in [0.1, 0.15) is 0 Å². The number of nitrogens with zero attached hydrogens (tertiary/aromatic N) is 1. The van der Waals surface area contributed by atoms with E-state index in [4.69, 9.17) is 5.41 Å². The summed E-state index contributed by atoms with van der Waals surface area (Å²) in [6.45, 7) is 8.68. The summed E-state index contributed by atoms with van der Waals surface area (Å²) in [6.07, 6.45) is 2.02. The van der Waals surface area contributed by atoms with E-state index >= 15 is 0 Å². The van der Waals surface area contributed by atoms with Gasteiger partial charge in [-0.15, -0.1) is 6.58 Å². The second kappa shape index (κ2) is 6.21. The number of amides is 1. The minimum absolute atomic E-state index is 0.111. The van der Waals surface area contributed by atoms with Crippen LogP contribution in [0.15, 0.2) is 18.2 Å². The average molecular weight is 180 g/mol. The molecule has 13 heavy (non-hydrogen) atoms. The van der Waals surface area contributed by atoms with E-state index < -0.39 is 0 Å². The number of nitrogens with one attached hydrogen (secondary N) is 1. The van der Waals surface area contributed by atoms with E-state index in [9.17, 15) is 4.79 Å².